The summed E-state index contributed by atoms with van der Waals surface area (Å²) >= 11 is 0. The van der Waals surface area contributed by atoms with Crippen LogP contribution in [0.1, 0.15) is 59.3 Å². The number of carboxylic acid groups (broad SMARTS) is 2. The van der Waals surface area contributed by atoms with Gasteiger partial charge < -0.3 is 68.9 Å². The lowest BCUT2D eigenvalue weighted by atomic mass is 10.0. The van der Waals surface area contributed by atoms with Crippen LogP contribution in [-0.4, -0.2) is 142 Å². The molecule has 0 fully saturated rings. The Labute approximate surface area is 288 Å². The predicted octanol–water partition coefficient (Wildman–Crippen LogP) is -5.66. The maximum Gasteiger partial charge on any atom is 0.328 e. The Morgan fingerprint density at radius 3 is 1.46 bits per heavy atom. The van der Waals surface area contributed by atoms with Gasteiger partial charge in [0.25, 0.3) is 0 Å². The predicted molar refractivity (Wildman–Crippen MR) is 173 cm³/mol. The molecule has 6 amide bonds. The highest BCUT2D eigenvalue weighted by Crippen LogP contribution is 2.08. The summed E-state index contributed by atoms with van der Waals surface area (Å²) in [4.78, 5) is 99.2. The summed E-state index contributed by atoms with van der Waals surface area (Å²) in [6, 6.07) is -10.2. The van der Waals surface area contributed by atoms with Crippen molar-refractivity contribution in [2.45, 2.75) is 102 Å². The minimum atomic E-state index is -1.75. The molecule has 0 spiro atoms. The summed E-state index contributed by atoms with van der Waals surface area (Å²) in [6.45, 7) is 2.14. The molecule has 50 heavy (non-hydrogen) atoms. The largest absolute Gasteiger partial charge is 0.481 e. The van der Waals surface area contributed by atoms with Crippen LogP contribution in [0.2, 0.25) is 0 Å². The van der Waals surface area contributed by atoms with Crippen LogP contribution in [0.15, 0.2) is 0 Å². The van der Waals surface area contributed by atoms with Crippen LogP contribution < -0.4 is 43.4 Å². The van der Waals surface area contributed by atoms with Gasteiger partial charge in [0, 0.05) is 6.42 Å². The number of aliphatic hydroxyl groups is 3. The molecule has 0 aromatic carbocycles. The lowest BCUT2D eigenvalue weighted by Crippen LogP contribution is -2.61. The zero-order chi connectivity index (χ0) is 38.6. The molecule has 0 aliphatic rings. The summed E-state index contributed by atoms with van der Waals surface area (Å²) in [5.74, 6) is -9.01. The number of aliphatic carboxylic acids is 2. The molecule has 15 N–H and O–H groups in total. The molecule has 0 unspecified atom stereocenters. The van der Waals surface area contributed by atoms with E-state index in [1.54, 1.807) is 13.8 Å². The van der Waals surface area contributed by atoms with Gasteiger partial charge in [-0.25, -0.2) is 4.79 Å². The van der Waals surface area contributed by atoms with E-state index >= 15 is 0 Å². The molecular formula is C29H52N8O13. The third-order valence-corrected chi connectivity index (χ3v) is 7.11. The van der Waals surface area contributed by atoms with Crippen LogP contribution in [0, 0.1) is 5.92 Å². The second-order valence-corrected chi connectivity index (χ2v) is 11.9. The third kappa shape index (κ3) is 17.3. The van der Waals surface area contributed by atoms with Gasteiger partial charge in [-0.05, 0) is 45.1 Å². The van der Waals surface area contributed by atoms with E-state index in [1.165, 1.54) is 6.92 Å². The van der Waals surface area contributed by atoms with Crippen molar-refractivity contribution in [1.82, 2.24) is 31.9 Å². The first-order chi connectivity index (χ1) is 23.4. The Bertz CT molecular complexity index is 1170. The molecule has 0 radical (unpaired) electrons. The maximum atomic E-state index is 13.2. The number of unbranched alkanes of at least 4 members (excludes halogenated alkanes) is 1. The standard InChI is InChI=1S/C29H52N8O13/c1-14(2)10-18(26(46)33-17(7-8-22(41)42)25(45)37-21(13-40)29(49)50)34-27(47)20(12-39)36-28(48)19(11-38)35-23(43)15(3)32-24(44)16(31)6-4-5-9-30/h14-21,38-40H,4-13,30-31H2,1-3H3,(H,32,44)(H,33,46)(H,34,47)(H,35,43)(H,36,48)(H,37,45)(H,41,42)(H,49,50)/t15-,16-,17-,18-,19-,20-,21-/m0/s1. The van der Waals surface area contributed by atoms with Gasteiger partial charge in [-0.2, -0.15) is 0 Å². The molecule has 0 heterocycles. The van der Waals surface area contributed by atoms with Gasteiger partial charge in [-0.3, -0.25) is 33.6 Å². The van der Waals surface area contributed by atoms with E-state index in [0.29, 0.717) is 25.8 Å². The second-order valence-electron chi connectivity index (χ2n) is 11.9. The molecule has 0 aliphatic carbocycles. The van der Waals surface area contributed by atoms with Gasteiger partial charge in [-0.15, -0.1) is 0 Å². The van der Waals surface area contributed by atoms with Gasteiger partial charge in [0.15, 0.2) is 0 Å². The van der Waals surface area contributed by atoms with Crippen molar-refractivity contribution in [2.75, 3.05) is 26.4 Å². The Morgan fingerprint density at radius 1 is 0.560 bits per heavy atom. The van der Waals surface area contributed by atoms with Crippen LogP contribution in [0.25, 0.3) is 0 Å². The number of rotatable bonds is 25. The molecule has 0 rings (SSSR count). The molecule has 7 atom stereocenters. The first kappa shape index (κ1) is 45.6. The van der Waals surface area contributed by atoms with Gasteiger partial charge in [0.05, 0.1) is 25.9 Å². The summed E-state index contributed by atoms with van der Waals surface area (Å²) in [6.07, 6.45) is 0.403. The van der Waals surface area contributed by atoms with Crippen molar-refractivity contribution in [3.8, 4) is 0 Å². The first-order valence-electron chi connectivity index (χ1n) is 16.0. The van der Waals surface area contributed by atoms with E-state index in [0.717, 1.165) is 0 Å². The van der Waals surface area contributed by atoms with Crippen molar-refractivity contribution in [2.24, 2.45) is 17.4 Å². The van der Waals surface area contributed by atoms with Crippen LogP contribution >= 0.6 is 0 Å². The molecule has 21 heteroatoms. The Kier molecular flexibility index (Phi) is 21.7. The monoisotopic (exact) mass is 720 g/mol. The van der Waals surface area contributed by atoms with E-state index in [1.807, 2.05) is 5.32 Å². The van der Waals surface area contributed by atoms with E-state index in [2.05, 4.69) is 26.6 Å². The average Bonchev–Trinajstić information content (AvgIpc) is 3.05. The zero-order valence-electron chi connectivity index (χ0n) is 28.3. The number of carbonyl (C=O) groups is 8. The SMILES string of the molecule is CC(C)C[C@H](NC(=O)[C@H](CO)NC(=O)[C@H](CO)NC(=O)[C@H](C)NC(=O)[C@@H](N)CCCCN)C(=O)N[C@@H](CCC(=O)O)C(=O)N[C@@H](CO)C(=O)O. The molecule has 21 nitrogen and oxygen atoms in total. The van der Waals surface area contributed by atoms with Crippen LogP contribution in [0.5, 0.6) is 0 Å². The fourth-order valence-electron chi connectivity index (χ4n) is 4.22. The summed E-state index contributed by atoms with van der Waals surface area (Å²) in [5, 5.41) is 60.3. The van der Waals surface area contributed by atoms with E-state index in [-0.39, 0.29) is 12.3 Å². The first-order valence-corrected chi connectivity index (χ1v) is 16.0. The lowest BCUT2D eigenvalue weighted by molar-refractivity contribution is -0.144. The number of hydrogen-bond acceptors (Lipinski definition) is 13. The number of nitrogens with one attached hydrogen (secondary N) is 6. The van der Waals surface area contributed by atoms with E-state index in [9.17, 15) is 53.7 Å². The average molecular weight is 721 g/mol. The van der Waals surface area contributed by atoms with Gasteiger partial charge >= 0.3 is 11.9 Å². The molecule has 0 aliphatic heterocycles. The van der Waals surface area contributed by atoms with Crippen molar-refractivity contribution in [3.05, 3.63) is 0 Å². The van der Waals surface area contributed by atoms with Crippen molar-refractivity contribution < 1.29 is 63.9 Å². The minimum absolute atomic E-state index is 0.0546. The second kappa shape index (κ2) is 23.8. The molecule has 0 aromatic heterocycles. The number of hydrogen-bond donors (Lipinski definition) is 13. The third-order valence-electron chi connectivity index (χ3n) is 7.11. The number of amides is 6. The summed E-state index contributed by atoms with van der Waals surface area (Å²) < 4.78 is 0. The quantitative estimate of drug-likeness (QED) is 0.0391. The fourth-order valence-corrected chi connectivity index (χ4v) is 4.22. The van der Waals surface area contributed by atoms with Crippen molar-refractivity contribution in [1.29, 1.82) is 0 Å². The minimum Gasteiger partial charge on any atom is -0.481 e. The zero-order valence-corrected chi connectivity index (χ0v) is 28.3. The van der Waals surface area contributed by atoms with Crippen LogP contribution in [-0.2, 0) is 38.4 Å². The van der Waals surface area contributed by atoms with E-state index in [4.69, 9.17) is 21.7 Å². The highest BCUT2D eigenvalue weighted by Gasteiger charge is 2.33. The number of nitrogens with two attached hydrogens (primary N) is 2. The van der Waals surface area contributed by atoms with Crippen LogP contribution in [0.3, 0.4) is 0 Å². The van der Waals surface area contributed by atoms with Crippen LogP contribution in [0.4, 0.5) is 0 Å². The smallest absolute Gasteiger partial charge is 0.328 e. The fraction of sp³-hybridized carbons (Fsp3) is 0.724. The summed E-state index contributed by atoms with van der Waals surface area (Å²) in [5.41, 5.74) is 11.2. The van der Waals surface area contributed by atoms with E-state index < -0.39 is 122 Å². The number of carbonyl (C=O) groups excluding carboxylic acids is 6. The summed E-state index contributed by atoms with van der Waals surface area (Å²) in [7, 11) is 0. The highest BCUT2D eigenvalue weighted by molar-refractivity contribution is 5.97. The Hall–Kier alpha value is -4.44. The Balaban J connectivity index is 5.65. The Morgan fingerprint density at radius 2 is 1.00 bits per heavy atom. The topological polar surface area (TPSA) is 362 Å². The lowest BCUT2D eigenvalue weighted by Gasteiger charge is -2.27. The van der Waals surface area contributed by atoms with Crippen molar-refractivity contribution >= 4 is 47.4 Å². The van der Waals surface area contributed by atoms with Gasteiger partial charge in [-0.1, -0.05) is 20.3 Å². The number of aliphatic hydroxyl groups excluding tert-OH is 3. The normalized spacial score (nSPS) is 15.2. The highest BCUT2D eigenvalue weighted by atomic mass is 16.4. The van der Waals surface area contributed by atoms with Gasteiger partial charge in [0.1, 0.15) is 36.3 Å². The molecule has 286 valence electrons. The molecule has 0 saturated heterocycles. The number of carboxylic acids is 2. The van der Waals surface area contributed by atoms with Crippen molar-refractivity contribution in [3.63, 3.8) is 0 Å². The molecule has 0 aromatic rings. The molecule has 0 bridgehead atoms. The van der Waals surface area contributed by atoms with Gasteiger partial charge in [0.2, 0.25) is 35.4 Å². The molecular weight excluding hydrogens is 668 g/mol. The molecule has 0 saturated carbocycles. The maximum absolute atomic E-state index is 13.2.